The van der Waals surface area contributed by atoms with E-state index in [1.54, 1.807) is 29.2 Å². The van der Waals surface area contributed by atoms with Gasteiger partial charge in [-0.15, -0.1) is 11.8 Å². The number of carbonyl (C=O) groups is 1. The van der Waals surface area contributed by atoms with Crippen LogP contribution in [0.25, 0.3) is 0 Å². The third kappa shape index (κ3) is 4.37. The van der Waals surface area contributed by atoms with Gasteiger partial charge in [-0.05, 0) is 36.8 Å². The molecule has 1 saturated heterocycles. The van der Waals surface area contributed by atoms with E-state index in [0.717, 1.165) is 5.56 Å². The second kappa shape index (κ2) is 8.63. The van der Waals surface area contributed by atoms with Crippen LogP contribution in [0.3, 0.4) is 0 Å². The highest BCUT2D eigenvalue weighted by Crippen LogP contribution is 2.35. The number of nitrogens with zero attached hydrogens (tertiary/aromatic N) is 1. The molecule has 0 unspecified atom stereocenters. The SMILES string of the molecule is O=C1CSCc2c(cccc2OC[C@]2(O)CCN(c3ccc(Cl)cc3F)C[C@H]2O)N1. The summed E-state index contributed by atoms with van der Waals surface area (Å²) in [5.74, 6) is 1.01. The number of hydrogen-bond acceptors (Lipinski definition) is 6. The number of piperidine rings is 1. The zero-order valence-corrected chi connectivity index (χ0v) is 17.7. The lowest BCUT2D eigenvalue weighted by molar-refractivity contribution is -0.113. The van der Waals surface area contributed by atoms with Gasteiger partial charge < -0.3 is 25.2 Å². The lowest BCUT2D eigenvalue weighted by Crippen LogP contribution is -2.58. The van der Waals surface area contributed by atoms with E-state index in [1.807, 2.05) is 6.07 Å². The maximum atomic E-state index is 14.2. The molecule has 2 atom stereocenters. The number of amides is 1. The zero-order chi connectivity index (χ0) is 21.3. The number of fused-ring (bicyclic) bond motifs is 1. The highest BCUT2D eigenvalue weighted by atomic mass is 35.5. The first-order chi connectivity index (χ1) is 14.4. The Bertz CT molecular complexity index is 963. The normalized spacial score (nSPS) is 24.1. The van der Waals surface area contributed by atoms with Crippen LogP contribution < -0.4 is 15.0 Å². The number of nitrogens with one attached hydrogen (secondary N) is 1. The van der Waals surface area contributed by atoms with Crippen molar-refractivity contribution in [1.82, 2.24) is 0 Å². The molecule has 0 aromatic heterocycles. The lowest BCUT2D eigenvalue weighted by atomic mass is 9.89. The van der Waals surface area contributed by atoms with Crippen molar-refractivity contribution in [3.63, 3.8) is 0 Å². The first-order valence-electron chi connectivity index (χ1n) is 9.58. The maximum absolute atomic E-state index is 14.2. The number of hydrogen-bond donors (Lipinski definition) is 3. The Kier molecular flexibility index (Phi) is 6.11. The standard InChI is InChI=1S/C21H22ClFN2O4S/c22-13-4-5-17(15(23)8-13)25-7-6-21(28,19(26)9-25)12-29-18-3-1-2-16-14(18)10-30-11-20(27)24-16/h1-5,8,19,26,28H,6-7,9-12H2,(H,24,27)/t19-,21-/m1/s1. The molecule has 2 aliphatic heterocycles. The minimum Gasteiger partial charge on any atom is -0.490 e. The molecule has 0 bridgehead atoms. The summed E-state index contributed by atoms with van der Waals surface area (Å²) in [6, 6.07) is 9.76. The number of aliphatic hydroxyl groups is 2. The predicted octanol–water partition coefficient (Wildman–Crippen LogP) is 3.05. The number of rotatable bonds is 4. The molecule has 6 nitrogen and oxygen atoms in total. The van der Waals surface area contributed by atoms with Crippen molar-refractivity contribution < 1.29 is 24.1 Å². The quantitative estimate of drug-likeness (QED) is 0.661. The van der Waals surface area contributed by atoms with E-state index in [0.29, 0.717) is 40.2 Å². The minimum atomic E-state index is -1.47. The Labute approximate surface area is 183 Å². The van der Waals surface area contributed by atoms with Gasteiger partial charge in [-0.3, -0.25) is 4.79 Å². The van der Waals surface area contributed by atoms with E-state index >= 15 is 0 Å². The predicted molar refractivity (Wildman–Crippen MR) is 116 cm³/mol. The molecule has 9 heteroatoms. The van der Waals surface area contributed by atoms with Crippen molar-refractivity contribution in [1.29, 1.82) is 0 Å². The van der Waals surface area contributed by atoms with Crippen molar-refractivity contribution in [2.75, 3.05) is 35.7 Å². The highest BCUT2D eigenvalue weighted by Gasteiger charge is 2.42. The van der Waals surface area contributed by atoms with Crippen molar-refractivity contribution in [3.05, 3.63) is 52.8 Å². The van der Waals surface area contributed by atoms with Crippen molar-refractivity contribution in [2.45, 2.75) is 23.9 Å². The van der Waals surface area contributed by atoms with E-state index < -0.39 is 17.5 Å². The second-order valence-corrected chi connectivity index (χ2v) is 8.95. The summed E-state index contributed by atoms with van der Waals surface area (Å²) < 4.78 is 20.1. The van der Waals surface area contributed by atoms with E-state index in [9.17, 15) is 19.4 Å². The minimum absolute atomic E-state index is 0.0632. The van der Waals surface area contributed by atoms with Gasteiger partial charge in [0.2, 0.25) is 5.91 Å². The summed E-state index contributed by atoms with van der Waals surface area (Å²) >= 11 is 7.30. The van der Waals surface area contributed by atoms with Crippen LogP contribution in [0.4, 0.5) is 15.8 Å². The van der Waals surface area contributed by atoms with Gasteiger partial charge in [-0.25, -0.2) is 4.39 Å². The Morgan fingerprint density at radius 2 is 2.17 bits per heavy atom. The molecule has 1 amide bonds. The molecule has 3 N–H and O–H groups in total. The monoisotopic (exact) mass is 452 g/mol. The summed E-state index contributed by atoms with van der Waals surface area (Å²) in [6.07, 6.45) is -0.922. The molecule has 0 saturated carbocycles. The van der Waals surface area contributed by atoms with Crippen LogP contribution in [0.5, 0.6) is 5.75 Å². The van der Waals surface area contributed by atoms with E-state index in [4.69, 9.17) is 16.3 Å². The third-order valence-corrected chi connectivity index (χ3v) is 6.64. The molecule has 2 aromatic carbocycles. The lowest BCUT2D eigenvalue weighted by Gasteiger charge is -2.42. The highest BCUT2D eigenvalue weighted by molar-refractivity contribution is 7.99. The molecule has 0 radical (unpaired) electrons. The molecule has 2 heterocycles. The number of anilines is 2. The molecule has 0 aliphatic carbocycles. The number of benzene rings is 2. The van der Waals surface area contributed by atoms with Crippen molar-refractivity contribution in [2.24, 2.45) is 0 Å². The average Bonchev–Trinajstić information content (AvgIpc) is 2.90. The van der Waals surface area contributed by atoms with Crippen LogP contribution in [-0.4, -0.2) is 53.3 Å². The molecule has 1 fully saturated rings. The molecular weight excluding hydrogens is 431 g/mol. The number of thioether (sulfide) groups is 1. The maximum Gasteiger partial charge on any atom is 0.234 e. The van der Waals surface area contributed by atoms with Crippen LogP contribution in [-0.2, 0) is 10.5 Å². The Morgan fingerprint density at radius 3 is 2.93 bits per heavy atom. The van der Waals surface area contributed by atoms with Crippen LogP contribution in [0.15, 0.2) is 36.4 Å². The topological polar surface area (TPSA) is 82.0 Å². The van der Waals surface area contributed by atoms with Gasteiger partial charge in [0.05, 0.1) is 11.4 Å². The van der Waals surface area contributed by atoms with Crippen molar-refractivity contribution in [3.8, 4) is 5.75 Å². The molecule has 0 spiro atoms. The zero-order valence-electron chi connectivity index (χ0n) is 16.1. The fraction of sp³-hybridized carbons (Fsp3) is 0.381. The van der Waals surface area contributed by atoms with E-state index in [1.165, 1.54) is 17.8 Å². The Morgan fingerprint density at radius 1 is 1.33 bits per heavy atom. The molecule has 160 valence electrons. The van der Waals surface area contributed by atoms with Crippen LogP contribution in [0, 0.1) is 5.82 Å². The van der Waals surface area contributed by atoms with Gasteiger partial charge in [0, 0.05) is 35.1 Å². The van der Waals surface area contributed by atoms with Gasteiger partial charge in [0.1, 0.15) is 29.9 Å². The molecule has 4 rings (SSSR count). The summed E-state index contributed by atoms with van der Waals surface area (Å²) in [6.45, 7) is 0.311. The van der Waals surface area contributed by atoms with Crippen LogP contribution in [0.1, 0.15) is 12.0 Å². The number of β-amino-alcohol motifs (C(OH)–C–C–N with tert-alkyl or cyclic N) is 1. The fourth-order valence-corrected chi connectivity index (χ4v) is 4.71. The van der Waals surface area contributed by atoms with E-state index in [-0.39, 0.29) is 25.5 Å². The Balaban J connectivity index is 1.45. The summed E-state index contributed by atoms with van der Waals surface area (Å²) in [4.78, 5) is 13.4. The molecular formula is C21H22ClFN2O4S. The summed E-state index contributed by atoms with van der Waals surface area (Å²) in [5, 5.41) is 24.8. The third-order valence-electron chi connectivity index (χ3n) is 5.44. The van der Waals surface area contributed by atoms with Crippen LogP contribution in [0.2, 0.25) is 5.02 Å². The number of halogens is 2. The van der Waals surface area contributed by atoms with Gasteiger partial charge in [-0.1, -0.05) is 17.7 Å². The van der Waals surface area contributed by atoms with Gasteiger partial charge >= 0.3 is 0 Å². The van der Waals surface area contributed by atoms with Gasteiger partial charge in [0.15, 0.2) is 0 Å². The first kappa shape index (κ1) is 21.2. The second-order valence-electron chi connectivity index (χ2n) is 7.52. The Hall–Kier alpha value is -2.00. The largest absolute Gasteiger partial charge is 0.490 e. The number of carbonyl (C=O) groups excluding carboxylic acids is 1. The van der Waals surface area contributed by atoms with Crippen molar-refractivity contribution >= 4 is 40.6 Å². The summed E-state index contributed by atoms with van der Waals surface area (Å²) in [5.41, 5.74) is 0.418. The molecule has 2 aliphatic rings. The first-order valence-corrected chi connectivity index (χ1v) is 11.1. The van der Waals surface area contributed by atoms with Gasteiger partial charge in [0.25, 0.3) is 0 Å². The van der Waals surface area contributed by atoms with Gasteiger partial charge in [-0.2, -0.15) is 0 Å². The smallest absolute Gasteiger partial charge is 0.234 e. The van der Waals surface area contributed by atoms with Crippen LogP contribution >= 0.6 is 23.4 Å². The average molecular weight is 453 g/mol. The molecule has 2 aromatic rings. The fourth-order valence-electron chi connectivity index (χ4n) is 3.69. The number of ether oxygens (including phenoxy) is 1. The summed E-state index contributed by atoms with van der Waals surface area (Å²) in [7, 11) is 0. The number of aliphatic hydroxyl groups excluding tert-OH is 1. The van der Waals surface area contributed by atoms with E-state index in [2.05, 4.69) is 5.32 Å². The molecule has 30 heavy (non-hydrogen) atoms.